The molecule has 0 aliphatic heterocycles. The Morgan fingerprint density at radius 3 is 1.93 bits per heavy atom. The lowest BCUT2D eigenvalue weighted by Gasteiger charge is -2.16. The molecule has 1 aromatic heterocycles. The fourth-order valence-corrected chi connectivity index (χ4v) is 2.25. The summed E-state index contributed by atoms with van der Waals surface area (Å²) in [5, 5.41) is 15.6. The van der Waals surface area contributed by atoms with Gasteiger partial charge in [-0.05, 0) is 39.2 Å². The largest absolute Gasteiger partial charge is 0.462 e. The number of nitrogens with two attached hydrogens (primary N) is 1. The van der Waals surface area contributed by atoms with E-state index in [0.717, 1.165) is 0 Å². The molecule has 0 atom stereocenters. The van der Waals surface area contributed by atoms with E-state index >= 15 is 0 Å². The summed E-state index contributed by atoms with van der Waals surface area (Å²) in [5.74, 6) is -0.0302. The van der Waals surface area contributed by atoms with Crippen LogP contribution >= 0.6 is 0 Å². The molecule has 162 valence electrons. The molecule has 9 nitrogen and oxygen atoms in total. The fraction of sp³-hybridized carbons (Fsp3) is 0.429. The Balaban J connectivity index is 2.65. The minimum atomic E-state index is -0.436. The Morgan fingerprint density at radius 1 is 1.03 bits per heavy atom. The average Bonchev–Trinajstić information content (AvgIpc) is 2.70. The molecule has 1 aromatic rings. The summed E-state index contributed by atoms with van der Waals surface area (Å²) in [6.45, 7) is 13.3. The molecule has 1 rings (SSSR count). The van der Waals surface area contributed by atoms with Crippen molar-refractivity contribution < 1.29 is 19.1 Å². The highest BCUT2D eigenvalue weighted by molar-refractivity contribution is 5.87. The van der Waals surface area contributed by atoms with Gasteiger partial charge < -0.3 is 25.8 Å². The number of nitrogen functional groups attached to an aromatic ring is 1. The van der Waals surface area contributed by atoms with E-state index in [1.54, 1.807) is 20.8 Å². The quantitative estimate of drug-likeness (QED) is 0.267. The van der Waals surface area contributed by atoms with Gasteiger partial charge >= 0.3 is 11.9 Å². The lowest BCUT2D eigenvalue weighted by molar-refractivity contribution is -0.139. The van der Waals surface area contributed by atoms with Gasteiger partial charge in [0.1, 0.15) is 11.9 Å². The van der Waals surface area contributed by atoms with Crippen molar-refractivity contribution in [1.29, 1.82) is 5.26 Å². The summed E-state index contributed by atoms with van der Waals surface area (Å²) in [6, 6.07) is 2.11. The van der Waals surface area contributed by atoms with Gasteiger partial charge in [-0.2, -0.15) is 5.26 Å². The Hall–Kier alpha value is -3.54. The normalized spacial score (nSPS) is 9.93. The second-order valence-electron chi connectivity index (χ2n) is 6.73. The van der Waals surface area contributed by atoms with Crippen LogP contribution in [-0.2, 0) is 19.1 Å². The zero-order chi connectivity index (χ0) is 22.7. The number of carbonyl (C=O) groups is 2. The zero-order valence-electron chi connectivity index (χ0n) is 17.8. The van der Waals surface area contributed by atoms with Gasteiger partial charge in [-0.15, -0.1) is 0 Å². The summed E-state index contributed by atoms with van der Waals surface area (Å²) in [6.07, 6.45) is 1.09. The molecule has 0 amide bonds. The van der Waals surface area contributed by atoms with Gasteiger partial charge in [0.05, 0.1) is 24.5 Å². The predicted octanol–water partition coefficient (Wildman–Crippen LogP) is 2.69. The van der Waals surface area contributed by atoms with Crippen LogP contribution in [0.2, 0.25) is 0 Å². The summed E-state index contributed by atoms with van der Waals surface area (Å²) in [4.78, 5) is 27.1. The van der Waals surface area contributed by atoms with Gasteiger partial charge in [0.25, 0.3) is 0 Å². The average molecular weight is 415 g/mol. The lowest BCUT2D eigenvalue weighted by Crippen LogP contribution is -2.15. The molecule has 0 bridgehead atoms. The molecule has 0 unspecified atom stereocenters. The molecule has 1 heterocycles. The van der Waals surface area contributed by atoms with Crippen LogP contribution in [0.5, 0.6) is 0 Å². The van der Waals surface area contributed by atoms with Gasteiger partial charge in [0.15, 0.2) is 5.82 Å². The van der Waals surface area contributed by atoms with Crippen LogP contribution in [0.25, 0.3) is 0 Å². The first-order valence-electron chi connectivity index (χ1n) is 9.52. The first-order chi connectivity index (χ1) is 14.2. The molecule has 30 heavy (non-hydrogen) atoms. The van der Waals surface area contributed by atoms with Crippen LogP contribution in [-0.4, -0.2) is 43.2 Å². The summed E-state index contributed by atoms with van der Waals surface area (Å²) in [5.41, 5.74) is 8.14. The van der Waals surface area contributed by atoms with E-state index in [1.165, 1.54) is 0 Å². The Bertz CT molecular complexity index is 858. The summed E-state index contributed by atoms with van der Waals surface area (Å²) < 4.78 is 10.1. The smallest absolute Gasteiger partial charge is 0.333 e. The number of aromatic nitrogens is 1. The number of nitriles is 1. The van der Waals surface area contributed by atoms with Crippen LogP contribution in [0.4, 0.5) is 17.3 Å². The number of nitrogens with zero attached hydrogens (tertiary/aromatic N) is 2. The zero-order valence-corrected chi connectivity index (χ0v) is 17.8. The van der Waals surface area contributed by atoms with E-state index in [-0.39, 0.29) is 13.2 Å². The SMILES string of the molecule is C=C(C)C(=O)OCCCNc1nc(NCCCOC(=O)C(=C)C)c(C#N)c(C)c1N. The first-order valence-corrected chi connectivity index (χ1v) is 9.52. The predicted molar refractivity (Wildman–Crippen MR) is 116 cm³/mol. The maximum atomic E-state index is 11.4. The van der Waals surface area contributed by atoms with Crippen LogP contribution < -0.4 is 16.4 Å². The third-order valence-corrected chi connectivity index (χ3v) is 4.00. The topological polar surface area (TPSA) is 139 Å². The van der Waals surface area contributed by atoms with Gasteiger partial charge in [-0.1, -0.05) is 13.2 Å². The van der Waals surface area contributed by atoms with E-state index in [9.17, 15) is 14.9 Å². The van der Waals surface area contributed by atoms with Crippen molar-refractivity contribution >= 4 is 29.3 Å². The minimum Gasteiger partial charge on any atom is -0.462 e. The lowest BCUT2D eigenvalue weighted by atomic mass is 10.1. The molecule has 0 radical (unpaired) electrons. The number of ether oxygens (including phenoxy) is 2. The highest BCUT2D eigenvalue weighted by Gasteiger charge is 2.15. The molecule has 0 spiro atoms. The summed E-state index contributed by atoms with van der Waals surface area (Å²) >= 11 is 0. The van der Waals surface area contributed by atoms with Crippen molar-refractivity contribution in [1.82, 2.24) is 4.98 Å². The highest BCUT2D eigenvalue weighted by atomic mass is 16.5. The highest BCUT2D eigenvalue weighted by Crippen LogP contribution is 2.28. The van der Waals surface area contributed by atoms with Crippen molar-refractivity contribution in [3.8, 4) is 6.07 Å². The summed E-state index contributed by atoms with van der Waals surface area (Å²) in [7, 11) is 0. The van der Waals surface area contributed by atoms with Crippen LogP contribution in [0.3, 0.4) is 0 Å². The number of carbonyl (C=O) groups excluding carboxylic acids is 2. The number of hydrogen-bond donors (Lipinski definition) is 3. The Labute approximate surface area is 176 Å². The number of anilines is 3. The third kappa shape index (κ3) is 7.47. The van der Waals surface area contributed by atoms with Gasteiger partial charge in [0.2, 0.25) is 0 Å². The van der Waals surface area contributed by atoms with Crippen molar-refractivity contribution in [3.63, 3.8) is 0 Å². The number of nitrogens with one attached hydrogen (secondary N) is 2. The van der Waals surface area contributed by atoms with E-state index in [2.05, 4.69) is 34.8 Å². The van der Waals surface area contributed by atoms with Crippen molar-refractivity contribution in [2.24, 2.45) is 0 Å². The Morgan fingerprint density at radius 2 is 1.50 bits per heavy atom. The molecule has 0 aromatic carbocycles. The second kappa shape index (κ2) is 12.1. The molecule has 0 saturated heterocycles. The molecule has 4 N–H and O–H groups in total. The van der Waals surface area contributed by atoms with Crippen LogP contribution in [0, 0.1) is 18.3 Å². The number of esters is 2. The maximum absolute atomic E-state index is 11.4. The van der Waals surface area contributed by atoms with Gasteiger partial charge in [0, 0.05) is 24.2 Å². The molecule has 0 fully saturated rings. The standard InChI is InChI=1S/C21H29N5O4/c1-13(2)20(27)29-10-6-8-24-18-16(12-22)15(5)17(23)19(26-18)25-9-7-11-30-21(28)14(3)4/h1,3,6-11,23H2,2,4-5H3,(H2,24,25,26). The minimum absolute atomic E-state index is 0.225. The van der Waals surface area contributed by atoms with E-state index in [0.29, 0.717) is 65.5 Å². The molecule has 0 aliphatic carbocycles. The van der Waals surface area contributed by atoms with Crippen molar-refractivity contribution in [2.75, 3.05) is 42.7 Å². The van der Waals surface area contributed by atoms with Gasteiger partial charge in [-0.3, -0.25) is 0 Å². The molecule has 0 saturated carbocycles. The van der Waals surface area contributed by atoms with Crippen LogP contribution in [0.1, 0.15) is 37.8 Å². The monoisotopic (exact) mass is 415 g/mol. The first kappa shape index (κ1) is 24.5. The number of hydrogen-bond acceptors (Lipinski definition) is 9. The van der Waals surface area contributed by atoms with Crippen LogP contribution in [0.15, 0.2) is 24.3 Å². The van der Waals surface area contributed by atoms with Crippen molar-refractivity contribution in [2.45, 2.75) is 33.6 Å². The number of rotatable bonds is 12. The van der Waals surface area contributed by atoms with Crippen molar-refractivity contribution in [3.05, 3.63) is 35.4 Å². The second-order valence-corrected chi connectivity index (χ2v) is 6.73. The Kier molecular flexibility index (Phi) is 9.89. The molecular weight excluding hydrogens is 386 g/mol. The molecule has 9 heteroatoms. The molecular formula is C21H29N5O4. The van der Waals surface area contributed by atoms with E-state index in [1.807, 2.05) is 0 Å². The third-order valence-electron chi connectivity index (χ3n) is 4.00. The molecule has 0 aliphatic rings. The van der Waals surface area contributed by atoms with E-state index < -0.39 is 11.9 Å². The number of pyridine rings is 1. The fourth-order valence-electron chi connectivity index (χ4n) is 2.25. The van der Waals surface area contributed by atoms with E-state index in [4.69, 9.17) is 15.2 Å². The van der Waals surface area contributed by atoms with Gasteiger partial charge in [-0.25, -0.2) is 14.6 Å². The maximum Gasteiger partial charge on any atom is 0.333 e.